The summed E-state index contributed by atoms with van der Waals surface area (Å²) in [4.78, 5) is 1.14. The Bertz CT molecular complexity index is 562. The van der Waals surface area contributed by atoms with E-state index >= 15 is 0 Å². The maximum atomic E-state index is 13.2. The van der Waals surface area contributed by atoms with Crippen LogP contribution in [0.1, 0.15) is 36.6 Å². The van der Waals surface area contributed by atoms with E-state index < -0.39 is 0 Å². The molecule has 1 fully saturated rings. The molecular formula is C15H18FNOS. The summed E-state index contributed by atoms with van der Waals surface area (Å²) in [7, 11) is 0. The van der Waals surface area contributed by atoms with Crippen LogP contribution in [0.15, 0.2) is 24.3 Å². The largest absolute Gasteiger partial charge is 0.378 e. The highest BCUT2D eigenvalue weighted by atomic mass is 32.1. The molecular weight excluding hydrogens is 261 g/mol. The van der Waals surface area contributed by atoms with Gasteiger partial charge in [-0.3, -0.25) is 0 Å². The minimum Gasteiger partial charge on any atom is -0.378 e. The van der Waals surface area contributed by atoms with E-state index in [9.17, 15) is 4.39 Å². The first-order valence-corrected chi connectivity index (χ1v) is 7.60. The molecule has 0 bridgehead atoms. The zero-order chi connectivity index (χ0) is 13.2. The predicted octanol–water partition coefficient (Wildman–Crippen LogP) is 4.00. The van der Waals surface area contributed by atoms with Crippen molar-refractivity contribution in [2.75, 3.05) is 6.61 Å². The van der Waals surface area contributed by atoms with Crippen LogP contribution in [0, 0.1) is 5.82 Å². The molecule has 102 valence electrons. The number of hydrogen-bond acceptors (Lipinski definition) is 3. The fourth-order valence-corrected chi connectivity index (χ4v) is 3.71. The Kier molecular flexibility index (Phi) is 3.82. The first-order chi connectivity index (χ1) is 9.22. The lowest BCUT2D eigenvalue weighted by Gasteiger charge is -2.13. The Balaban J connectivity index is 1.68. The van der Waals surface area contributed by atoms with Crippen molar-refractivity contribution < 1.29 is 9.13 Å². The number of hydrogen-bond donors (Lipinski definition) is 1. The van der Waals surface area contributed by atoms with Gasteiger partial charge in [0.25, 0.3) is 0 Å². The van der Waals surface area contributed by atoms with E-state index in [0.717, 1.165) is 40.8 Å². The standard InChI is InChI=1S/C15H18FNOS/c16-11-4-3-10-8-15(19-14(10)9-11)13(17)6-5-12-2-1-7-18-12/h3-4,8-9,12-13H,1-2,5-7,17H2. The summed E-state index contributed by atoms with van der Waals surface area (Å²) in [6.07, 6.45) is 4.66. The summed E-state index contributed by atoms with van der Waals surface area (Å²) < 4.78 is 19.7. The molecule has 19 heavy (non-hydrogen) atoms. The highest BCUT2D eigenvalue weighted by molar-refractivity contribution is 7.19. The number of thiophene rings is 1. The van der Waals surface area contributed by atoms with E-state index in [0.29, 0.717) is 6.10 Å². The summed E-state index contributed by atoms with van der Waals surface area (Å²) in [5, 5.41) is 1.08. The zero-order valence-electron chi connectivity index (χ0n) is 10.8. The van der Waals surface area contributed by atoms with Gasteiger partial charge in [0.1, 0.15) is 5.82 Å². The molecule has 1 aromatic heterocycles. The fraction of sp³-hybridized carbons (Fsp3) is 0.467. The zero-order valence-corrected chi connectivity index (χ0v) is 11.6. The van der Waals surface area contributed by atoms with Crippen molar-refractivity contribution >= 4 is 21.4 Å². The van der Waals surface area contributed by atoms with Crippen molar-refractivity contribution in [3.05, 3.63) is 35.0 Å². The minimum atomic E-state index is -0.186. The summed E-state index contributed by atoms with van der Waals surface area (Å²) in [6, 6.07) is 7.01. The van der Waals surface area contributed by atoms with Crippen LogP contribution in [-0.2, 0) is 4.74 Å². The second-order valence-corrected chi connectivity index (χ2v) is 6.27. The van der Waals surface area contributed by atoms with Crippen LogP contribution in [0.5, 0.6) is 0 Å². The molecule has 0 saturated carbocycles. The summed E-state index contributed by atoms with van der Waals surface area (Å²) in [5.41, 5.74) is 6.24. The Morgan fingerprint density at radius 2 is 2.32 bits per heavy atom. The van der Waals surface area contributed by atoms with Crippen LogP contribution in [0.2, 0.25) is 0 Å². The van der Waals surface area contributed by atoms with Crippen LogP contribution in [0.25, 0.3) is 10.1 Å². The van der Waals surface area contributed by atoms with Gasteiger partial charge in [0.15, 0.2) is 0 Å². The van der Waals surface area contributed by atoms with Gasteiger partial charge < -0.3 is 10.5 Å². The van der Waals surface area contributed by atoms with Gasteiger partial charge in [-0.15, -0.1) is 11.3 Å². The van der Waals surface area contributed by atoms with Crippen LogP contribution in [-0.4, -0.2) is 12.7 Å². The van der Waals surface area contributed by atoms with E-state index in [4.69, 9.17) is 10.5 Å². The molecule has 4 heteroatoms. The summed E-state index contributed by atoms with van der Waals surface area (Å²) in [5.74, 6) is -0.186. The lowest BCUT2D eigenvalue weighted by Crippen LogP contribution is -2.13. The van der Waals surface area contributed by atoms with E-state index in [1.807, 2.05) is 6.07 Å². The van der Waals surface area contributed by atoms with Crippen molar-refractivity contribution in [2.45, 2.75) is 37.8 Å². The number of nitrogens with two attached hydrogens (primary N) is 1. The lowest BCUT2D eigenvalue weighted by molar-refractivity contribution is 0.101. The number of ether oxygens (including phenoxy) is 1. The monoisotopic (exact) mass is 279 g/mol. The van der Waals surface area contributed by atoms with Gasteiger partial charge in [-0.2, -0.15) is 0 Å². The van der Waals surface area contributed by atoms with Crippen LogP contribution < -0.4 is 5.73 Å². The molecule has 1 saturated heterocycles. The molecule has 1 aliphatic rings. The third-order valence-corrected chi connectivity index (χ3v) is 4.92. The number of benzene rings is 1. The first kappa shape index (κ1) is 13.0. The third-order valence-electron chi connectivity index (χ3n) is 3.69. The van der Waals surface area contributed by atoms with Crippen LogP contribution in [0.4, 0.5) is 4.39 Å². The maximum absolute atomic E-state index is 13.2. The Morgan fingerprint density at radius 1 is 1.42 bits per heavy atom. The van der Waals surface area contributed by atoms with Gasteiger partial charge >= 0.3 is 0 Å². The molecule has 2 N–H and O–H groups in total. The van der Waals surface area contributed by atoms with Crippen LogP contribution in [0.3, 0.4) is 0 Å². The molecule has 2 nitrogen and oxygen atoms in total. The Labute approximate surface area is 116 Å². The molecule has 1 aromatic carbocycles. The smallest absolute Gasteiger partial charge is 0.124 e. The molecule has 2 heterocycles. The SMILES string of the molecule is NC(CCC1CCCO1)c1cc2ccc(F)cc2s1. The van der Waals surface area contributed by atoms with Gasteiger partial charge in [-0.05, 0) is 49.3 Å². The van der Waals surface area contributed by atoms with Gasteiger partial charge in [0, 0.05) is 22.2 Å². The van der Waals surface area contributed by atoms with E-state index in [-0.39, 0.29) is 11.9 Å². The maximum Gasteiger partial charge on any atom is 0.124 e. The van der Waals surface area contributed by atoms with Crippen molar-refractivity contribution in [1.29, 1.82) is 0 Å². The average molecular weight is 279 g/mol. The number of rotatable bonds is 4. The normalized spacial score (nSPS) is 21.1. The molecule has 2 atom stereocenters. The molecule has 0 spiro atoms. The van der Waals surface area contributed by atoms with Crippen molar-refractivity contribution in [3.8, 4) is 0 Å². The van der Waals surface area contributed by atoms with Crippen molar-refractivity contribution in [1.82, 2.24) is 0 Å². The highest BCUT2D eigenvalue weighted by Gasteiger charge is 2.18. The van der Waals surface area contributed by atoms with Crippen LogP contribution >= 0.6 is 11.3 Å². The molecule has 3 rings (SSSR count). The molecule has 2 aromatic rings. The van der Waals surface area contributed by atoms with E-state index in [1.165, 1.54) is 12.5 Å². The van der Waals surface area contributed by atoms with Gasteiger partial charge in [-0.25, -0.2) is 4.39 Å². The molecule has 2 unspecified atom stereocenters. The average Bonchev–Trinajstić information content (AvgIpc) is 3.04. The van der Waals surface area contributed by atoms with E-state index in [2.05, 4.69) is 6.07 Å². The summed E-state index contributed by atoms with van der Waals surface area (Å²) in [6.45, 7) is 0.891. The second kappa shape index (κ2) is 5.57. The third kappa shape index (κ3) is 2.96. The Morgan fingerprint density at radius 3 is 3.11 bits per heavy atom. The topological polar surface area (TPSA) is 35.2 Å². The van der Waals surface area contributed by atoms with Crippen molar-refractivity contribution in [2.24, 2.45) is 5.73 Å². The lowest BCUT2D eigenvalue weighted by atomic mass is 10.1. The molecule has 1 aliphatic heterocycles. The minimum absolute atomic E-state index is 0.0321. The van der Waals surface area contributed by atoms with Gasteiger partial charge in [0.05, 0.1) is 6.10 Å². The Hall–Kier alpha value is -0.970. The molecule has 0 amide bonds. The predicted molar refractivity (Wildman–Crippen MR) is 76.9 cm³/mol. The second-order valence-electron chi connectivity index (χ2n) is 5.15. The van der Waals surface area contributed by atoms with Crippen molar-refractivity contribution in [3.63, 3.8) is 0 Å². The van der Waals surface area contributed by atoms with E-state index in [1.54, 1.807) is 17.4 Å². The first-order valence-electron chi connectivity index (χ1n) is 6.78. The van der Waals surface area contributed by atoms with Gasteiger partial charge in [-0.1, -0.05) is 6.07 Å². The summed E-state index contributed by atoms with van der Waals surface area (Å²) >= 11 is 1.60. The quantitative estimate of drug-likeness (QED) is 0.918. The van der Waals surface area contributed by atoms with Gasteiger partial charge in [0.2, 0.25) is 0 Å². The molecule has 0 aliphatic carbocycles. The number of fused-ring (bicyclic) bond motifs is 1. The highest BCUT2D eigenvalue weighted by Crippen LogP contribution is 2.32. The fourth-order valence-electron chi connectivity index (χ4n) is 2.59. The number of halogens is 1. The molecule has 0 radical (unpaired) electrons.